The maximum absolute atomic E-state index is 11.5. The topological polar surface area (TPSA) is 43.4 Å². The highest BCUT2D eigenvalue weighted by Crippen LogP contribution is 2.38. The second-order valence-corrected chi connectivity index (χ2v) is 5.31. The Hall–Kier alpha value is -1.90. The lowest BCUT2D eigenvalue weighted by Gasteiger charge is -2.31. The molecule has 1 heterocycles. The lowest BCUT2D eigenvalue weighted by Crippen LogP contribution is -2.33. The highest BCUT2D eigenvalue weighted by molar-refractivity contribution is 5.85. The molecule has 100 valence electrons. The number of Topliss-reactive ketones (excluding diaryl/α,β-unsaturated/α-hetero) is 1. The van der Waals surface area contributed by atoms with Crippen molar-refractivity contribution in [1.82, 2.24) is 0 Å². The van der Waals surface area contributed by atoms with Gasteiger partial charge >= 0.3 is 5.97 Å². The van der Waals surface area contributed by atoms with Gasteiger partial charge in [0, 0.05) is 18.4 Å². The first-order chi connectivity index (χ1) is 8.90. The molecule has 2 rings (SSSR count). The van der Waals surface area contributed by atoms with E-state index in [0.29, 0.717) is 6.42 Å². The minimum atomic E-state index is -0.740. The fourth-order valence-electron chi connectivity index (χ4n) is 2.53. The molecular formula is C16H18O3. The first-order valence-corrected chi connectivity index (χ1v) is 6.39. The number of hydrogen-bond donors (Lipinski definition) is 0. The number of ketones is 1. The third-order valence-corrected chi connectivity index (χ3v) is 3.50. The van der Waals surface area contributed by atoms with Crippen molar-refractivity contribution in [1.29, 1.82) is 0 Å². The molecule has 1 aromatic carbocycles. The van der Waals surface area contributed by atoms with Gasteiger partial charge in [0.25, 0.3) is 0 Å². The molecule has 0 bridgehead atoms. The van der Waals surface area contributed by atoms with Crippen molar-refractivity contribution in [3.05, 3.63) is 47.5 Å². The van der Waals surface area contributed by atoms with Gasteiger partial charge < -0.3 is 9.53 Å². The summed E-state index contributed by atoms with van der Waals surface area (Å²) in [4.78, 5) is 22.9. The van der Waals surface area contributed by atoms with E-state index in [9.17, 15) is 9.59 Å². The zero-order valence-corrected chi connectivity index (χ0v) is 11.5. The number of aryl methyl sites for hydroxylation is 1. The van der Waals surface area contributed by atoms with Gasteiger partial charge in [-0.25, -0.2) is 4.79 Å². The van der Waals surface area contributed by atoms with Crippen LogP contribution in [-0.2, 0) is 14.3 Å². The lowest BCUT2D eigenvalue weighted by molar-refractivity contribution is -0.146. The van der Waals surface area contributed by atoms with Crippen molar-refractivity contribution in [2.45, 2.75) is 38.7 Å². The van der Waals surface area contributed by atoms with Crippen molar-refractivity contribution in [2.75, 3.05) is 0 Å². The van der Waals surface area contributed by atoms with Crippen LogP contribution in [0.4, 0.5) is 0 Å². The molecule has 0 saturated heterocycles. The maximum atomic E-state index is 11.5. The molecule has 0 N–H and O–H groups in total. The van der Waals surface area contributed by atoms with Crippen LogP contribution in [0.2, 0.25) is 0 Å². The van der Waals surface area contributed by atoms with Crippen LogP contribution in [-0.4, -0.2) is 17.4 Å². The SMILES string of the molecule is CC(=O)C[C@@H](c1cccc(C)c1)[C@]1(C)C=CC(=O)O1. The lowest BCUT2D eigenvalue weighted by atomic mass is 9.80. The van der Waals surface area contributed by atoms with Crippen LogP contribution in [0.15, 0.2) is 36.4 Å². The molecule has 1 aliphatic rings. The number of ether oxygens (including phenoxy) is 1. The van der Waals surface area contributed by atoms with Crippen LogP contribution in [0.5, 0.6) is 0 Å². The van der Waals surface area contributed by atoms with Crippen molar-refractivity contribution in [2.24, 2.45) is 0 Å². The first kappa shape index (κ1) is 13.5. The van der Waals surface area contributed by atoms with Gasteiger partial charge in [0.05, 0.1) is 0 Å². The zero-order chi connectivity index (χ0) is 14.0. The Kier molecular flexibility index (Phi) is 3.56. The molecule has 1 aromatic rings. The van der Waals surface area contributed by atoms with Crippen molar-refractivity contribution in [3.8, 4) is 0 Å². The van der Waals surface area contributed by atoms with E-state index in [-0.39, 0.29) is 17.7 Å². The van der Waals surface area contributed by atoms with Crippen LogP contribution in [0.1, 0.15) is 37.3 Å². The van der Waals surface area contributed by atoms with Gasteiger partial charge in [-0.1, -0.05) is 29.8 Å². The Morgan fingerprint density at radius 3 is 2.68 bits per heavy atom. The van der Waals surface area contributed by atoms with E-state index in [1.165, 1.54) is 6.08 Å². The largest absolute Gasteiger partial charge is 0.451 e. The third-order valence-electron chi connectivity index (χ3n) is 3.50. The molecule has 0 unspecified atom stereocenters. The number of carbonyl (C=O) groups is 2. The average Bonchev–Trinajstić information content (AvgIpc) is 2.67. The van der Waals surface area contributed by atoms with Crippen molar-refractivity contribution >= 4 is 11.8 Å². The van der Waals surface area contributed by atoms with Crippen molar-refractivity contribution in [3.63, 3.8) is 0 Å². The fraction of sp³-hybridized carbons (Fsp3) is 0.375. The summed E-state index contributed by atoms with van der Waals surface area (Å²) in [5.74, 6) is -0.402. The minimum absolute atomic E-state index is 0.0871. The van der Waals surface area contributed by atoms with E-state index in [1.54, 1.807) is 13.0 Å². The second-order valence-electron chi connectivity index (χ2n) is 5.31. The molecule has 2 atom stereocenters. The van der Waals surface area contributed by atoms with Crippen LogP contribution >= 0.6 is 0 Å². The number of cyclic esters (lactones) is 1. The Morgan fingerprint density at radius 1 is 1.42 bits per heavy atom. The Bertz CT molecular complexity index is 545. The van der Waals surface area contributed by atoms with E-state index in [2.05, 4.69) is 0 Å². The minimum Gasteiger partial charge on any atom is -0.451 e. The summed E-state index contributed by atoms with van der Waals surface area (Å²) < 4.78 is 5.40. The van der Waals surface area contributed by atoms with E-state index < -0.39 is 5.60 Å². The predicted molar refractivity (Wildman–Crippen MR) is 72.9 cm³/mol. The summed E-state index contributed by atoms with van der Waals surface area (Å²) in [6, 6.07) is 7.99. The number of carbonyl (C=O) groups excluding carboxylic acids is 2. The molecule has 0 saturated carbocycles. The molecule has 0 aromatic heterocycles. The molecule has 0 radical (unpaired) electrons. The van der Waals surface area contributed by atoms with Crippen LogP contribution in [0.25, 0.3) is 0 Å². The summed E-state index contributed by atoms with van der Waals surface area (Å²) in [6.45, 7) is 5.42. The smallest absolute Gasteiger partial charge is 0.331 e. The van der Waals surface area contributed by atoms with Gasteiger partial charge in [-0.15, -0.1) is 0 Å². The summed E-state index contributed by atoms with van der Waals surface area (Å²) >= 11 is 0. The van der Waals surface area contributed by atoms with Gasteiger partial charge in [0.15, 0.2) is 0 Å². The number of hydrogen-bond acceptors (Lipinski definition) is 3. The summed E-state index contributed by atoms with van der Waals surface area (Å²) in [5, 5.41) is 0. The highest BCUT2D eigenvalue weighted by atomic mass is 16.6. The standard InChI is InChI=1S/C16H18O3/c1-11-5-4-6-13(9-11)14(10-12(2)17)16(3)8-7-15(18)19-16/h4-9,14H,10H2,1-3H3/t14-,16-/m0/s1. The molecule has 1 aliphatic heterocycles. The second kappa shape index (κ2) is 5.00. The summed E-state index contributed by atoms with van der Waals surface area (Å²) in [5.41, 5.74) is 1.41. The van der Waals surface area contributed by atoms with E-state index in [0.717, 1.165) is 11.1 Å². The van der Waals surface area contributed by atoms with E-state index in [1.807, 2.05) is 38.1 Å². The average molecular weight is 258 g/mol. The molecular weight excluding hydrogens is 240 g/mol. The van der Waals surface area contributed by atoms with Gasteiger partial charge in [-0.05, 0) is 32.4 Å². The maximum Gasteiger partial charge on any atom is 0.331 e. The number of rotatable bonds is 4. The Morgan fingerprint density at radius 2 is 2.16 bits per heavy atom. The summed E-state index contributed by atoms with van der Waals surface area (Å²) in [7, 11) is 0. The Labute approximate surface area is 113 Å². The third kappa shape index (κ3) is 2.92. The number of benzene rings is 1. The van der Waals surface area contributed by atoms with Crippen LogP contribution in [0, 0.1) is 6.92 Å². The molecule has 0 aliphatic carbocycles. The van der Waals surface area contributed by atoms with E-state index in [4.69, 9.17) is 4.74 Å². The molecule has 0 fully saturated rings. The van der Waals surface area contributed by atoms with Gasteiger partial charge in [-0.3, -0.25) is 0 Å². The molecule has 19 heavy (non-hydrogen) atoms. The van der Waals surface area contributed by atoms with Gasteiger partial charge in [0.2, 0.25) is 0 Å². The Balaban J connectivity index is 2.39. The summed E-state index contributed by atoms with van der Waals surface area (Å²) in [6.07, 6.45) is 3.55. The highest BCUT2D eigenvalue weighted by Gasteiger charge is 2.40. The molecule has 3 heteroatoms. The number of esters is 1. The predicted octanol–water partition coefficient (Wildman–Crippen LogP) is 2.93. The van der Waals surface area contributed by atoms with Crippen molar-refractivity contribution < 1.29 is 14.3 Å². The first-order valence-electron chi connectivity index (χ1n) is 6.39. The van der Waals surface area contributed by atoms with Gasteiger partial charge in [0.1, 0.15) is 11.4 Å². The monoisotopic (exact) mass is 258 g/mol. The molecule has 0 spiro atoms. The molecule has 3 nitrogen and oxygen atoms in total. The van der Waals surface area contributed by atoms with Crippen LogP contribution in [0.3, 0.4) is 0 Å². The van der Waals surface area contributed by atoms with Crippen LogP contribution < -0.4 is 0 Å². The quantitative estimate of drug-likeness (QED) is 0.780. The fourth-order valence-corrected chi connectivity index (χ4v) is 2.53. The normalized spacial score (nSPS) is 23.2. The zero-order valence-electron chi connectivity index (χ0n) is 11.5. The van der Waals surface area contributed by atoms with Gasteiger partial charge in [-0.2, -0.15) is 0 Å². The van der Waals surface area contributed by atoms with E-state index >= 15 is 0 Å². The molecule has 0 amide bonds.